The number of ether oxygens (including phenoxy) is 1. The summed E-state index contributed by atoms with van der Waals surface area (Å²) in [7, 11) is 0. The molecule has 2 rings (SSSR count). The van der Waals surface area contributed by atoms with E-state index in [4.69, 9.17) is 4.74 Å². The zero-order valence-electron chi connectivity index (χ0n) is 11.9. The highest BCUT2D eigenvalue weighted by molar-refractivity contribution is 9.10. The highest BCUT2D eigenvalue weighted by Crippen LogP contribution is 2.24. The van der Waals surface area contributed by atoms with E-state index in [1.54, 1.807) is 0 Å². The number of anilines is 1. The lowest BCUT2D eigenvalue weighted by Gasteiger charge is -2.11. The first-order chi connectivity index (χ1) is 10.2. The molecule has 21 heavy (non-hydrogen) atoms. The number of carbonyl (C=O) groups is 1. The lowest BCUT2D eigenvalue weighted by Crippen LogP contribution is -2.13. The number of carbonyl (C=O) groups excluding carboxylic acids is 1. The highest BCUT2D eigenvalue weighted by atomic mass is 79.9. The van der Waals surface area contributed by atoms with Crippen LogP contribution in [0.1, 0.15) is 18.9 Å². The normalized spacial score (nSPS) is 10.2. The fraction of sp³-hybridized carbons (Fsp3) is 0.235. The van der Waals surface area contributed by atoms with Gasteiger partial charge in [-0.2, -0.15) is 0 Å². The van der Waals surface area contributed by atoms with Gasteiger partial charge in [0.1, 0.15) is 5.75 Å². The standard InChI is InChI=1S/C17H18BrNO2/c1-2-21-16-9-4-3-8-15(16)19-17(20)11-10-13-6-5-7-14(18)12-13/h3-9,12H,2,10-11H2,1H3,(H,19,20). The molecular formula is C17H18BrNO2. The third-order valence-electron chi connectivity index (χ3n) is 2.99. The summed E-state index contributed by atoms with van der Waals surface area (Å²) in [6.07, 6.45) is 1.15. The summed E-state index contributed by atoms with van der Waals surface area (Å²) in [5.74, 6) is 0.693. The molecule has 3 nitrogen and oxygen atoms in total. The van der Waals surface area contributed by atoms with Crippen molar-refractivity contribution in [2.24, 2.45) is 0 Å². The Morgan fingerprint density at radius 1 is 1.19 bits per heavy atom. The van der Waals surface area contributed by atoms with Crippen molar-refractivity contribution in [3.8, 4) is 5.75 Å². The molecule has 0 aromatic heterocycles. The van der Waals surface area contributed by atoms with Crippen molar-refractivity contribution in [2.45, 2.75) is 19.8 Å². The van der Waals surface area contributed by atoms with Crippen LogP contribution in [0.4, 0.5) is 5.69 Å². The van der Waals surface area contributed by atoms with Crippen molar-refractivity contribution in [1.82, 2.24) is 0 Å². The van der Waals surface area contributed by atoms with Crippen molar-refractivity contribution >= 4 is 27.5 Å². The maximum Gasteiger partial charge on any atom is 0.224 e. The van der Waals surface area contributed by atoms with E-state index in [-0.39, 0.29) is 5.91 Å². The second kappa shape index (κ2) is 7.84. The van der Waals surface area contributed by atoms with E-state index < -0.39 is 0 Å². The monoisotopic (exact) mass is 347 g/mol. The minimum atomic E-state index is -0.0119. The molecular weight excluding hydrogens is 330 g/mol. The van der Waals surface area contributed by atoms with Crippen molar-refractivity contribution in [3.05, 3.63) is 58.6 Å². The molecule has 0 aliphatic rings. The predicted molar refractivity (Wildman–Crippen MR) is 88.7 cm³/mol. The van der Waals surface area contributed by atoms with Crippen molar-refractivity contribution < 1.29 is 9.53 Å². The van der Waals surface area contributed by atoms with Gasteiger partial charge in [-0.15, -0.1) is 0 Å². The zero-order valence-corrected chi connectivity index (χ0v) is 13.5. The van der Waals surface area contributed by atoms with E-state index in [2.05, 4.69) is 21.2 Å². The number of para-hydroxylation sites is 2. The molecule has 0 unspecified atom stereocenters. The molecule has 0 radical (unpaired) electrons. The molecule has 0 aliphatic heterocycles. The maximum absolute atomic E-state index is 12.0. The van der Waals surface area contributed by atoms with Gasteiger partial charge in [-0.1, -0.05) is 40.2 Å². The maximum atomic E-state index is 12.0. The first-order valence-electron chi connectivity index (χ1n) is 6.95. The number of aryl methyl sites for hydroxylation is 1. The van der Waals surface area contributed by atoms with Gasteiger partial charge in [0, 0.05) is 10.9 Å². The number of nitrogens with one attached hydrogen (secondary N) is 1. The molecule has 0 saturated heterocycles. The third kappa shape index (κ3) is 4.90. The molecule has 110 valence electrons. The number of amides is 1. The Morgan fingerprint density at radius 3 is 2.76 bits per heavy atom. The Bertz CT molecular complexity index is 613. The van der Waals surface area contributed by atoms with E-state index in [0.29, 0.717) is 25.2 Å². The SMILES string of the molecule is CCOc1ccccc1NC(=O)CCc1cccc(Br)c1. The van der Waals surface area contributed by atoms with E-state index >= 15 is 0 Å². The molecule has 0 atom stereocenters. The van der Waals surface area contributed by atoms with Crippen LogP contribution in [0.5, 0.6) is 5.75 Å². The van der Waals surface area contributed by atoms with Gasteiger partial charge < -0.3 is 10.1 Å². The molecule has 4 heteroatoms. The minimum Gasteiger partial charge on any atom is -0.492 e. The van der Waals surface area contributed by atoms with Crippen LogP contribution in [0.15, 0.2) is 53.0 Å². The van der Waals surface area contributed by atoms with Gasteiger partial charge in [-0.3, -0.25) is 4.79 Å². The molecule has 0 aliphatic carbocycles. The molecule has 0 bridgehead atoms. The van der Waals surface area contributed by atoms with Crippen LogP contribution in [-0.4, -0.2) is 12.5 Å². The number of halogens is 1. The molecule has 2 aromatic rings. The van der Waals surface area contributed by atoms with E-state index in [1.807, 2.05) is 55.5 Å². The molecule has 0 spiro atoms. The fourth-order valence-corrected chi connectivity index (χ4v) is 2.46. The van der Waals surface area contributed by atoms with E-state index in [0.717, 1.165) is 15.7 Å². The Balaban J connectivity index is 1.93. The Hall–Kier alpha value is -1.81. The molecule has 0 fully saturated rings. The average molecular weight is 348 g/mol. The molecule has 1 amide bonds. The van der Waals surface area contributed by atoms with Gasteiger partial charge in [-0.05, 0) is 43.2 Å². The number of hydrogen-bond acceptors (Lipinski definition) is 2. The van der Waals surface area contributed by atoms with Crippen molar-refractivity contribution in [1.29, 1.82) is 0 Å². The second-order valence-corrected chi connectivity index (χ2v) is 5.52. The summed E-state index contributed by atoms with van der Waals surface area (Å²) in [6.45, 7) is 2.50. The lowest BCUT2D eigenvalue weighted by molar-refractivity contribution is -0.116. The van der Waals surface area contributed by atoms with Crippen LogP contribution in [-0.2, 0) is 11.2 Å². The van der Waals surface area contributed by atoms with Crippen molar-refractivity contribution in [2.75, 3.05) is 11.9 Å². The quantitative estimate of drug-likeness (QED) is 0.839. The van der Waals surface area contributed by atoms with Crippen LogP contribution >= 0.6 is 15.9 Å². The van der Waals surface area contributed by atoms with Gasteiger partial charge >= 0.3 is 0 Å². The Morgan fingerprint density at radius 2 is 2.00 bits per heavy atom. The minimum absolute atomic E-state index is 0.0119. The van der Waals surface area contributed by atoms with Crippen molar-refractivity contribution in [3.63, 3.8) is 0 Å². The Kier molecular flexibility index (Phi) is 5.81. The fourth-order valence-electron chi connectivity index (χ4n) is 2.01. The number of rotatable bonds is 6. The van der Waals surface area contributed by atoms with Gasteiger partial charge in [0.15, 0.2) is 0 Å². The van der Waals surface area contributed by atoms with E-state index in [1.165, 1.54) is 0 Å². The number of benzene rings is 2. The van der Waals surface area contributed by atoms with Crippen LogP contribution in [0.3, 0.4) is 0 Å². The largest absolute Gasteiger partial charge is 0.492 e. The average Bonchev–Trinajstić information content (AvgIpc) is 2.48. The first kappa shape index (κ1) is 15.6. The first-order valence-corrected chi connectivity index (χ1v) is 7.74. The third-order valence-corrected chi connectivity index (χ3v) is 3.48. The number of hydrogen-bond donors (Lipinski definition) is 1. The molecule has 0 heterocycles. The van der Waals surface area contributed by atoms with Crippen LogP contribution in [0.2, 0.25) is 0 Å². The molecule has 0 saturated carbocycles. The summed E-state index contributed by atoms with van der Waals surface area (Å²) >= 11 is 3.43. The molecule has 2 aromatic carbocycles. The van der Waals surface area contributed by atoms with Crippen LogP contribution in [0, 0.1) is 0 Å². The summed E-state index contributed by atoms with van der Waals surface area (Å²) in [5.41, 5.74) is 1.86. The van der Waals surface area contributed by atoms with Gasteiger partial charge in [0.05, 0.1) is 12.3 Å². The lowest BCUT2D eigenvalue weighted by atomic mass is 10.1. The van der Waals surface area contributed by atoms with Gasteiger partial charge in [0.25, 0.3) is 0 Å². The second-order valence-electron chi connectivity index (χ2n) is 4.61. The highest BCUT2D eigenvalue weighted by Gasteiger charge is 2.07. The van der Waals surface area contributed by atoms with Crippen LogP contribution in [0.25, 0.3) is 0 Å². The van der Waals surface area contributed by atoms with Crippen LogP contribution < -0.4 is 10.1 Å². The van der Waals surface area contributed by atoms with Gasteiger partial charge in [0.2, 0.25) is 5.91 Å². The Labute approximate surface area is 133 Å². The summed E-state index contributed by atoms with van der Waals surface area (Å²) in [6, 6.07) is 15.5. The summed E-state index contributed by atoms with van der Waals surface area (Å²) in [4.78, 5) is 12.0. The summed E-state index contributed by atoms with van der Waals surface area (Å²) < 4.78 is 6.53. The smallest absolute Gasteiger partial charge is 0.224 e. The summed E-state index contributed by atoms with van der Waals surface area (Å²) in [5, 5.41) is 2.90. The van der Waals surface area contributed by atoms with E-state index in [9.17, 15) is 4.79 Å². The molecule has 1 N–H and O–H groups in total. The predicted octanol–water partition coefficient (Wildman–Crippen LogP) is 4.42. The van der Waals surface area contributed by atoms with Gasteiger partial charge in [-0.25, -0.2) is 0 Å². The zero-order chi connectivity index (χ0) is 15.1. The topological polar surface area (TPSA) is 38.3 Å².